The molecule has 0 aliphatic rings. The number of ether oxygens (including phenoxy) is 1. The average Bonchev–Trinajstić information content (AvgIpc) is 2.38. The van der Waals surface area contributed by atoms with Crippen LogP contribution in [0.3, 0.4) is 0 Å². The van der Waals surface area contributed by atoms with Crippen LogP contribution in [0.5, 0.6) is 0 Å². The summed E-state index contributed by atoms with van der Waals surface area (Å²) < 4.78 is 4.90. The summed E-state index contributed by atoms with van der Waals surface area (Å²) in [6.45, 7) is 1.72. The highest BCUT2D eigenvalue weighted by molar-refractivity contribution is 5.73. The number of rotatable bonds is 5. The minimum atomic E-state index is -0.907. The third kappa shape index (κ3) is 4.60. The lowest BCUT2D eigenvalue weighted by Gasteiger charge is -2.06. The lowest BCUT2D eigenvalue weighted by Crippen LogP contribution is -2.16. The summed E-state index contributed by atoms with van der Waals surface area (Å²) in [6, 6.07) is 7.42. The van der Waals surface area contributed by atoms with Crippen LogP contribution in [0.4, 0.5) is 5.69 Å². The molecule has 0 aromatic heterocycles. The van der Waals surface area contributed by atoms with Gasteiger partial charge in [0.15, 0.2) is 0 Å². The fourth-order valence-corrected chi connectivity index (χ4v) is 1.37. The highest BCUT2D eigenvalue weighted by atomic mass is 16.6. The molecule has 1 aromatic rings. The van der Waals surface area contributed by atoms with E-state index < -0.39 is 17.0 Å². The molecule has 0 saturated heterocycles. The second-order valence-electron chi connectivity index (χ2n) is 3.67. The van der Waals surface area contributed by atoms with Gasteiger partial charge < -0.3 is 4.74 Å². The van der Waals surface area contributed by atoms with Crippen LogP contribution in [0.25, 0.3) is 0 Å². The molecule has 0 unspecified atom stereocenters. The first kappa shape index (κ1) is 14.4. The monoisotopic (exact) mass is 260 g/mol. The summed E-state index contributed by atoms with van der Waals surface area (Å²) in [5, 5.41) is 19.2. The molecule has 0 radical (unpaired) electrons. The molecule has 0 spiro atoms. The van der Waals surface area contributed by atoms with E-state index in [2.05, 4.69) is 0 Å². The molecule has 19 heavy (non-hydrogen) atoms. The molecule has 0 fully saturated rings. The topological polar surface area (TPSA) is 93.2 Å². The van der Waals surface area contributed by atoms with Gasteiger partial charge in [-0.1, -0.05) is 18.2 Å². The fourth-order valence-electron chi connectivity index (χ4n) is 1.37. The van der Waals surface area contributed by atoms with E-state index in [1.807, 2.05) is 6.07 Å². The predicted molar refractivity (Wildman–Crippen MR) is 67.1 cm³/mol. The Labute approximate surface area is 110 Å². The summed E-state index contributed by atoms with van der Waals surface area (Å²) in [5.74, 6) is -0.557. The van der Waals surface area contributed by atoms with Crippen LogP contribution in [0.15, 0.2) is 36.4 Å². The van der Waals surface area contributed by atoms with Gasteiger partial charge in [0.05, 0.1) is 11.3 Å². The number of nitro groups is 1. The number of benzene rings is 1. The number of nitriles is 1. The van der Waals surface area contributed by atoms with Crippen molar-refractivity contribution in [1.82, 2.24) is 0 Å². The van der Waals surface area contributed by atoms with Gasteiger partial charge >= 0.3 is 5.97 Å². The molecule has 0 N–H and O–H groups in total. The van der Waals surface area contributed by atoms with E-state index in [0.29, 0.717) is 5.56 Å². The summed E-state index contributed by atoms with van der Waals surface area (Å²) in [6.07, 6.45) is 2.14. The van der Waals surface area contributed by atoms with Crippen molar-refractivity contribution in [2.24, 2.45) is 0 Å². The lowest BCUT2D eigenvalue weighted by atomic mass is 10.1. The van der Waals surface area contributed by atoms with Crippen LogP contribution < -0.4 is 0 Å². The lowest BCUT2D eigenvalue weighted by molar-refractivity contribution is -0.384. The van der Waals surface area contributed by atoms with E-state index in [1.54, 1.807) is 13.0 Å². The van der Waals surface area contributed by atoms with Gasteiger partial charge in [-0.2, -0.15) is 5.26 Å². The predicted octanol–water partition coefficient (Wildman–Crippen LogP) is 2.15. The zero-order valence-corrected chi connectivity index (χ0v) is 10.3. The van der Waals surface area contributed by atoms with Crippen molar-refractivity contribution in [3.63, 3.8) is 0 Å². The maximum atomic E-state index is 11.5. The van der Waals surface area contributed by atoms with E-state index >= 15 is 0 Å². The van der Waals surface area contributed by atoms with Crippen LogP contribution >= 0.6 is 0 Å². The van der Waals surface area contributed by atoms with Crippen LogP contribution in [0, 0.1) is 21.4 Å². The van der Waals surface area contributed by atoms with Crippen molar-refractivity contribution in [1.29, 1.82) is 5.26 Å². The Balaban J connectivity index is 2.62. The Hall–Kier alpha value is -2.68. The molecule has 1 rings (SSSR count). The van der Waals surface area contributed by atoms with E-state index in [-0.39, 0.29) is 12.1 Å². The second kappa shape index (κ2) is 6.91. The molecule has 0 heterocycles. The Morgan fingerprint density at radius 3 is 2.63 bits per heavy atom. The average molecular weight is 260 g/mol. The van der Waals surface area contributed by atoms with Crippen molar-refractivity contribution < 1.29 is 14.5 Å². The molecule has 0 saturated carbocycles. The number of allylic oxidation sites excluding steroid dienone is 1. The van der Waals surface area contributed by atoms with Crippen molar-refractivity contribution in [3.8, 4) is 6.07 Å². The summed E-state index contributed by atoms with van der Waals surface area (Å²) in [7, 11) is 0. The molecular formula is C13H12N2O4. The first-order chi connectivity index (χ1) is 9.06. The summed E-state index contributed by atoms with van der Waals surface area (Å²) in [4.78, 5) is 21.5. The van der Waals surface area contributed by atoms with E-state index in [4.69, 9.17) is 10.00 Å². The highest BCUT2D eigenvalue weighted by Crippen LogP contribution is 2.12. The fraction of sp³-hybridized carbons (Fsp3) is 0.231. The Bertz CT molecular complexity index is 529. The molecule has 1 aromatic carbocycles. The molecular weight excluding hydrogens is 248 g/mol. The first-order valence-corrected chi connectivity index (χ1v) is 5.52. The maximum absolute atomic E-state index is 11.5. The van der Waals surface area contributed by atoms with Crippen LogP contribution in [0.1, 0.15) is 12.5 Å². The van der Waals surface area contributed by atoms with E-state index in [9.17, 15) is 14.9 Å². The number of non-ortho nitro benzene ring substituents is 1. The molecule has 6 nitrogen and oxygen atoms in total. The molecule has 1 atom stereocenters. The number of esters is 1. The molecule has 98 valence electrons. The molecule has 0 amide bonds. The normalized spacial score (nSPS) is 11.8. The van der Waals surface area contributed by atoms with Crippen molar-refractivity contribution in [2.45, 2.75) is 19.4 Å². The maximum Gasteiger partial charge on any atom is 0.311 e. The number of carbonyl (C=O) groups excluding carboxylic acids is 1. The van der Waals surface area contributed by atoms with Gasteiger partial charge in [-0.25, -0.2) is 0 Å². The van der Waals surface area contributed by atoms with Gasteiger partial charge in [0.2, 0.25) is 6.10 Å². The van der Waals surface area contributed by atoms with Gasteiger partial charge in [0.25, 0.3) is 5.69 Å². The van der Waals surface area contributed by atoms with Crippen molar-refractivity contribution in [2.75, 3.05) is 0 Å². The largest absolute Gasteiger partial charge is 0.442 e. The number of hydrogen-bond acceptors (Lipinski definition) is 5. The van der Waals surface area contributed by atoms with Gasteiger partial charge in [-0.15, -0.1) is 0 Å². The van der Waals surface area contributed by atoms with Crippen LogP contribution in [0.2, 0.25) is 0 Å². The standard InChI is InChI=1S/C13H12N2O4/c1-2-3-12(9-14)19-13(16)8-10-4-6-11(7-5-10)15(17)18/h2-7,12H,8H2,1H3/b3-2-/t12-/m0/s1. The summed E-state index contributed by atoms with van der Waals surface area (Å²) in [5.41, 5.74) is 0.550. The zero-order valence-electron chi connectivity index (χ0n) is 10.3. The van der Waals surface area contributed by atoms with Gasteiger partial charge in [-0.3, -0.25) is 14.9 Å². The van der Waals surface area contributed by atoms with Crippen molar-refractivity contribution >= 4 is 11.7 Å². The molecule has 0 aliphatic heterocycles. The highest BCUT2D eigenvalue weighted by Gasteiger charge is 2.12. The van der Waals surface area contributed by atoms with E-state index in [0.717, 1.165) is 0 Å². The molecule has 0 bridgehead atoms. The number of carbonyl (C=O) groups is 1. The van der Waals surface area contributed by atoms with Gasteiger partial charge in [0, 0.05) is 12.1 Å². The summed E-state index contributed by atoms with van der Waals surface area (Å²) >= 11 is 0. The second-order valence-corrected chi connectivity index (χ2v) is 3.67. The number of nitrogens with zero attached hydrogens (tertiary/aromatic N) is 2. The number of hydrogen-bond donors (Lipinski definition) is 0. The Morgan fingerprint density at radius 1 is 1.53 bits per heavy atom. The third-order valence-corrected chi connectivity index (χ3v) is 2.25. The van der Waals surface area contributed by atoms with E-state index in [1.165, 1.54) is 30.3 Å². The minimum Gasteiger partial charge on any atom is -0.442 e. The number of nitro benzene ring substituents is 1. The Kier molecular flexibility index (Phi) is 5.23. The smallest absolute Gasteiger partial charge is 0.311 e. The van der Waals surface area contributed by atoms with Crippen LogP contribution in [-0.2, 0) is 16.0 Å². The quantitative estimate of drug-likeness (QED) is 0.350. The zero-order chi connectivity index (χ0) is 14.3. The van der Waals surface area contributed by atoms with Gasteiger partial charge in [-0.05, 0) is 18.6 Å². The minimum absolute atomic E-state index is 0.0340. The third-order valence-electron chi connectivity index (χ3n) is 2.25. The Morgan fingerprint density at radius 2 is 2.16 bits per heavy atom. The van der Waals surface area contributed by atoms with Crippen molar-refractivity contribution in [3.05, 3.63) is 52.1 Å². The SMILES string of the molecule is C/C=C\[C@@H](C#N)OC(=O)Cc1ccc([N+](=O)[O-])cc1. The molecule has 6 heteroatoms. The van der Waals surface area contributed by atoms with Gasteiger partial charge in [0.1, 0.15) is 6.07 Å². The first-order valence-electron chi connectivity index (χ1n) is 5.52. The molecule has 0 aliphatic carbocycles. The van der Waals surface area contributed by atoms with Crippen LogP contribution in [-0.4, -0.2) is 17.0 Å².